The second kappa shape index (κ2) is 7.55. The Kier molecular flexibility index (Phi) is 5.70. The number of carboxylic acid groups (broad SMARTS) is 1. The van der Waals surface area contributed by atoms with Gasteiger partial charge in [0.25, 0.3) is 0 Å². The van der Waals surface area contributed by atoms with Crippen molar-refractivity contribution in [3.63, 3.8) is 0 Å². The van der Waals surface area contributed by atoms with Crippen LogP contribution >= 0.6 is 0 Å². The largest absolute Gasteiger partial charge is 0.493 e. The summed E-state index contributed by atoms with van der Waals surface area (Å²) >= 11 is 0. The number of carbonyl (C=O) groups excluding carboxylic acids is 1. The molecule has 1 aliphatic heterocycles. The van der Waals surface area contributed by atoms with Crippen molar-refractivity contribution in [2.24, 2.45) is 5.41 Å². The summed E-state index contributed by atoms with van der Waals surface area (Å²) in [5, 5.41) is 12.0. The van der Waals surface area contributed by atoms with E-state index in [1.54, 1.807) is 11.8 Å². The second-order valence-electron chi connectivity index (χ2n) is 6.67. The van der Waals surface area contributed by atoms with Crippen LogP contribution < -0.4 is 10.1 Å². The fourth-order valence-electron chi connectivity index (χ4n) is 2.75. The molecule has 2 rings (SSSR count). The zero-order chi connectivity index (χ0) is 17.7. The minimum Gasteiger partial charge on any atom is -0.493 e. The lowest BCUT2D eigenvalue weighted by atomic mass is 9.90. The van der Waals surface area contributed by atoms with Crippen LogP contribution in [-0.4, -0.2) is 48.2 Å². The van der Waals surface area contributed by atoms with Crippen molar-refractivity contribution in [2.45, 2.75) is 33.6 Å². The molecule has 1 atom stereocenters. The number of aryl methyl sites for hydroxylation is 1. The SMILES string of the molecule is Cc1cccc(OCCCNC(=O)N2CCC(C)(C(=O)O)C2)c1C. The van der Waals surface area contributed by atoms with Gasteiger partial charge in [-0.1, -0.05) is 12.1 Å². The highest BCUT2D eigenvalue weighted by Crippen LogP contribution is 2.29. The number of nitrogens with zero attached hydrogens (tertiary/aromatic N) is 1. The van der Waals surface area contributed by atoms with Crippen LogP contribution in [0, 0.1) is 19.3 Å². The molecule has 1 aromatic rings. The number of amides is 2. The molecule has 132 valence electrons. The number of ether oxygens (including phenoxy) is 1. The monoisotopic (exact) mass is 334 g/mol. The van der Waals surface area contributed by atoms with Gasteiger partial charge in [0.15, 0.2) is 0 Å². The number of nitrogens with one attached hydrogen (secondary N) is 1. The quantitative estimate of drug-likeness (QED) is 0.784. The van der Waals surface area contributed by atoms with E-state index >= 15 is 0 Å². The van der Waals surface area contributed by atoms with Crippen LogP contribution in [0.25, 0.3) is 0 Å². The Morgan fingerprint density at radius 2 is 2.12 bits per heavy atom. The topological polar surface area (TPSA) is 78.9 Å². The molecule has 0 bridgehead atoms. The minimum atomic E-state index is -0.847. The number of aliphatic carboxylic acids is 1. The Morgan fingerprint density at radius 3 is 2.79 bits per heavy atom. The average molecular weight is 334 g/mol. The maximum absolute atomic E-state index is 12.1. The molecule has 1 aromatic carbocycles. The number of urea groups is 1. The van der Waals surface area contributed by atoms with Crippen LogP contribution in [0.4, 0.5) is 4.79 Å². The summed E-state index contributed by atoms with van der Waals surface area (Å²) in [6.45, 7) is 7.52. The van der Waals surface area contributed by atoms with E-state index in [1.165, 1.54) is 5.56 Å². The Morgan fingerprint density at radius 1 is 1.38 bits per heavy atom. The van der Waals surface area contributed by atoms with Crippen LogP contribution in [0.1, 0.15) is 30.9 Å². The van der Waals surface area contributed by atoms with Gasteiger partial charge in [-0.05, 0) is 50.8 Å². The van der Waals surface area contributed by atoms with Gasteiger partial charge >= 0.3 is 12.0 Å². The first-order valence-corrected chi connectivity index (χ1v) is 8.29. The van der Waals surface area contributed by atoms with Gasteiger partial charge in [-0.3, -0.25) is 4.79 Å². The summed E-state index contributed by atoms with van der Waals surface area (Å²) < 4.78 is 5.75. The molecule has 2 N–H and O–H groups in total. The average Bonchev–Trinajstić information content (AvgIpc) is 2.95. The first-order valence-electron chi connectivity index (χ1n) is 8.29. The molecule has 0 aliphatic carbocycles. The van der Waals surface area contributed by atoms with Crippen molar-refractivity contribution in [2.75, 3.05) is 26.2 Å². The third-order valence-electron chi connectivity index (χ3n) is 4.69. The van der Waals surface area contributed by atoms with E-state index in [0.29, 0.717) is 32.5 Å². The molecule has 6 nitrogen and oxygen atoms in total. The standard InChI is InChI=1S/C18H26N2O4/c1-13-6-4-7-15(14(13)2)24-11-5-9-19-17(23)20-10-8-18(3,12-20)16(21)22/h4,6-7H,5,8-12H2,1-3H3,(H,19,23)(H,21,22). The van der Waals surface area contributed by atoms with E-state index in [9.17, 15) is 14.7 Å². The molecule has 1 saturated heterocycles. The number of benzene rings is 1. The summed E-state index contributed by atoms with van der Waals surface area (Å²) in [6.07, 6.45) is 1.19. The molecule has 2 amide bonds. The summed E-state index contributed by atoms with van der Waals surface area (Å²) in [5.41, 5.74) is 1.49. The van der Waals surface area contributed by atoms with E-state index in [0.717, 1.165) is 11.3 Å². The van der Waals surface area contributed by atoms with E-state index < -0.39 is 11.4 Å². The van der Waals surface area contributed by atoms with Gasteiger partial charge in [-0.15, -0.1) is 0 Å². The molecule has 1 heterocycles. The highest BCUT2D eigenvalue weighted by Gasteiger charge is 2.42. The molecule has 1 aliphatic rings. The minimum absolute atomic E-state index is 0.202. The van der Waals surface area contributed by atoms with E-state index in [4.69, 9.17) is 4.74 Å². The third-order valence-corrected chi connectivity index (χ3v) is 4.69. The maximum Gasteiger partial charge on any atom is 0.317 e. The fraction of sp³-hybridized carbons (Fsp3) is 0.556. The molecule has 0 aromatic heterocycles. The molecular formula is C18H26N2O4. The molecule has 0 radical (unpaired) electrons. The molecular weight excluding hydrogens is 308 g/mol. The van der Waals surface area contributed by atoms with Crippen molar-refractivity contribution in [3.8, 4) is 5.75 Å². The summed E-state index contributed by atoms with van der Waals surface area (Å²) in [5.74, 6) is 0.0258. The first kappa shape index (κ1) is 18.1. The van der Waals surface area contributed by atoms with Crippen molar-refractivity contribution in [1.29, 1.82) is 0 Å². The fourth-order valence-corrected chi connectivity index (χ4v) is 2.75. The smallest absolute Gasteiger partial charge is 0.317 e. The lowest BCUT2D eigenvalue weighted by Crippen LogP contribution is -2.41. The second-order valence-corrected chi connectivity index (χ2v) is 6.67. The predicted octanol–water partition coefficient (Wildman–Crippen LogP) is 2.58. The summed E-state index contributed by atoms with van der Waals surface area (Å²) in [7, 11) is 0. The highest BCUT2D eigenvalue weighted by molar-refractivity contribution is 5.79. The number of likely N-dealkylation sites (tertiary alicyclic amines) is 1. The summed E-state index contributed by atoms with van der Waals surface area (Å²) in [4.78, 5) is 24.8. The van der Waals surface area contributed by atoms with Crippen LogP contribution in [-0.2, 0) is 4.79 Å². The van der Waals surface area contributed by atoms with Gasteiger partial charge in [0.05, 0.1) is 12.0 Å². The molecule has 24 heavy (non-hydrogen) atoms. The lowest BCUT2D eigenvalue weighted by molar-refractivity contribution is -0.146. The van der Waals surface area contributed by atoms with Crippen LogP contribution in [0.15, 0.2) is 18.2 Å². The third kappa shape index (κ3) is 4.19. The van der Waals surface area contributed by atoms with Gasteiger partial charge in [-0.2, -0.15) is 0 Å². The molecule has 0 saturated carbocycles. The molecule has 1 unspecified atom stereocenters. The Balaban J connectivity index is 1.69. The number of hydrogen-bond donors (Lipinski definition) is 2. The van der Waals surface area contributed by atoms with Gasteiger partial charge in [-0.25, -0.2) is 4.79 Å². The van der Waals surface area contributed by atoms with E-state index in [-0.39, 0.29) is 12.6 Å². The van der Waals surface area contributed by atoms with E-state index in [2.05, 4.69) is 5.32 Å². The number of rotatable bonds is 6. The molecule has 0 spiro atoms. The normalized spacial score (nSPS) is 20.0. The van der Waals surface area contributed by atoms with Gasteiger partial charge in [0, 0.05) is 19.6 Å². The van der Waals surface area contributed by atoms with Crippen molar-refractivity contribution < 1.29 is 19.4 Å². The van der Waals surface area contributed by atoms with Crippen LogP contribution in [0.3, 0.4) is 0 Å². The predicted molar refractivity (Wildman–Crippen MR) is 91.4 cm³/mol. The van der Waals surface area contributed by atoms with Crippen LogP contribution in [0.2, 0.25) is 0 Å². The molecule has 1 fully saturated rings. The van der Waals surface area contributed by atoms with E-state index in [1.807, 2.05) is 32.0 Å². The zero-order valence-corrected chi connectivity index (χ0v) is 14.6. The van der Waals surface area contributed by atoms with Crippen LogP contribution in [0.5, 0.6) is 5.75 Å². The number of carboxylic acids is 1. The highest BCUT2D eigenvalue weighted by atomic mass is 16.5. The number of hydrogen-bond acceptors (Lipinski definition) is 3. The summed E-state index contributed by atoms with van der Waals surface area (Å²) in [6, 6.07) is 5.75. The Bertz CT molecular complexity index is 617. The van der Waals surface area contributed by atoms with Crippen molar-refractivity contribution in [1.82, 2.24) is 10.2 Å². The van der Waals surface area contributed by atoms with Crippen molar-refractivity contribution >= 4 is 12.0 Å². The van der Waals surface area contributed by atoms with Gasteiger partial charge < -0.3 is 20.1 Å². The van der Waals surface area contributed by atoms with Gasteiger partial charge in [0.1, 0.15) is 5.75 Å². The molecule has 6 heteroatoms. The van der Waals surface area contributed by atoms with Gasteiger partial charge in [0.2, 0.25) is 0 Å². The first-order chi connectivity index (χ1) is 11.3. The Hall–Kier alpha value is -2.24. The maximum atomic E-state index is 12.1. The number of carbonyl (C=O) groups is 2. The van der Waals surface area contributed by atoms with Crippen molar-refractivity contribution in [3.05, 3.63) is 29.3 Å². The Labute approximate surface area is 142 Å². The zero-order valence-electron chi connectivity index (χ0n) is 14.6. The lowest BCUT2D eigenvalue weighted by Gasteiger charge is -2.20.